The van der Waals surface area contributed by atoms with Crippen LogP contribution in [0, 0.1) is 0 Å². The van der Waals surface area contributed by atoms with Gasteiger partial charge in [0.2, 0.25) is 0 Å². The zero-order valence-corrected chi connectivity index (χ0v) is 15.7. The van der Waals surface area contributed by atoms with Gasteiger partial charge in [-0.25, -0.2) is 0 Å². The largest absolute Gasteiger partial charge is 0.489 e. The van der Waals surface area contributed by atoms with Crippen molar-refractivity contribution in [1.29, 1.82) is 0 Å². The van der Waals surface area contributed by atoms with Crippen molar-refractivity contribution in [2.75, 3.05) is 13.6 Å². The minimum atomic E-state index is -0.819. The van der Waals surface area contributed by atoms with Crippen LogP contribution < -0.4 is 4.74 Å². The van der Waals surface area contributed by atoms with Gasteiger partial charge in [0.1, 0.15) is 12.4 Å². The summed E-state index contributed by atoms with van der Waals surface area (Å²) in [6, 6.07) is 13.4. The lowest BCUT2D eigenvalue weighted by Gasteiger charge is -2.22. The number of hydrogen-bond donors (Lipinski definition) is 1. The Hall–Kier alpha value is -1.75. The molecule has 1 atom stereocenters. The number of halogens is 2. The predicted octanol–water partition coefficient (Wildman–Crippen LogP) is 4.52. The molecule has 0 bridgehead atoms. The van der Waals surface area contributed by atoms with E-state index in [2.05, 4.69) is 0 Å². The third kappa shape index (κ3) is 6.24. The first-order valence-corrected chi connectivity index (χ1v) is 8.68. The third-order valence-corrected chi connectivity index (χ3v) is 4.72. The Morgan fingerprint density at radius 2 is 1.76 bits per heavy atom. The van der Waals surface area contributed by atoms with Gasteiger partial charge in [-0.1, -0.05) is 41.4 Å². The summed E-state index contributed by atoms with van der Waals surface area (Å²) in [4.78, 5) is 12.6. The summed E-state index contributed by atoms with van der Waals surface area (Å²) in [6.07, 6.45) is 0.775. The van der Waals surface area contributed by atoms with Crippen molar-refractivity contribution >= 4 is 29.2 Å². The molecule has 0 amide bonds. The Balaban J connectivity index is 1.88. The molecule has 0 aromatic heterocycles. The van der Waals surface area contributed by atoms with Gasteiger partial charge in [-0.3, -0.25) is 9.69 Å². The summed E-state index contributed by atoms with van der Waals surface area (Å²) < 4.78 is 5.76. The van der Waals surface area contributed by atoms with Gasteiger partial charge in [0.15, 0.2) is 0 Å². The molecule has 0 aliphatic heterocycles. The Morgan fingerprint density at radius 1 is 1.12 bits per heavy atom. The van der Waals surface area contributed by atoms with E-state index in [0.717, 1.165) is 23.3 Å². The molecule has 0 radical (unpaired) electrons. The maximum Gasteiger partial charge on any atom is 0.317 e. The summed E-state index contributed by atoms with van der Waals surface area (Å²) >= 11 is 11.9. The molecule has 2 aromatic carbocycles. The molecular weight excluding hydrogens is 361 g/mol. The minimum absolute atomic E-state index is 0.0337. The number of likely N-dealkylation sites (N-methyl/N-ethyl adjacent to an activating group) is 1. The van der Waals surface area contributed by atoms with E-state index in [0.29, 0.717) is 16.7 Å². The predicted molar refractivity (Wildman–Crippen MR) is 101 cm³/mol. The molecule has 0 aliphatic rings. The van der Waals surface area contributed by atoms with Gasteiger partial charge in [-0.05, 0) is 55.8 Å². The van der Waals surface area contributed by atoms with Crippen LogP contribution >= 0.6 is 23.2 Å². The molecule has 4 nitrogen and oxygen atoms in total. The molecule has 0 aliphatic carbocycles. The number of ether oxygens (including phenoxy) is 1. The minimum Gasteiger partial charge on any atom is -0.489 e. The summed E-state index contributed by atoms with van der Waals surface area (Å²) in [7, 11) is 1.81. The molecule has 0 saturated carbocycles. The van der Waals surface area contributed by atoms with E-state index in [1.54, 1.807) is 12.1 Å². The van der Waals surface area contributed by atoms with Gasteiger partial charge in [0, 0.05) is 6.04 Å². The molecule has 134 valence electrons. The number of carbonyl (C=O) groups is 1. The molecule has 6 heteroatoms. The fourth-order valence-electron chi connectivity index (χ4n) is 2.38. The van der Waals surface area contributed by atoms with Crippen molar-refractivity contribution in [1.82, 2.24) is 4.90 Å². The number of hydrogen-bond acceptors (Lipinski definition) is 3. The van der Waals surface area contributed by atoms with Crippen molar-refractivity contribution in [2.24, 2.45) is 0 Å². The molecule has 0 saturated heterocycles. The second-order valence-electron chi connectivity index (χ2n) is 6.04. The second-order valence-corrected chi connectivity index (χ2v) is 6.86. The average Bonchev–Trinajstić information content (AvgIpc) is 2.56. The van der Waals surface area contributed by atoms with Crippen LogP contribution in [-0.4, -0.2) is 35.6 Å². The highest BCUT2D eigenvalue weighted by Gasteiger charge is 2.13. The molecule has 2 aromatic rings. The molecular formula is C19H21Cl2NO3. The molecule has 1 N–H and O–H groups in total. The smallest absolute Gasteiger partial charge is 0.317 e. The zero-order chi connectivity index (χ0) is 18.4. The van der Waals surface area contributed by atoms with Crippen LogP contribution in [0.3, 0.4) is 0 Å². The second kappa shape index (κ2) is 9.09. The molecule has 0 spiro atoms. The average molecular weight is 382 g/mol. The number of carboxylic acid groups (broad SMARTS) is 1. The monoisotopic (exact) mass is 381 g/mol. The first-order chi connectivity index (χ1) is 11.8. The van der Waals surface area contributed by atoms with Gasteiger partial charge < -0.3 is 9.84 Å². The Labute approximate surface area is 157 Å². The molecule has 2 rings (SSSR count). The van der Waals surface area contributed by atoms with Crippen LogP contribution in [0.1, 0.15) is 18.1 Å². The molecule has 0 unspecified atom stereocenters. The highest BCUT2D eigenvalue weighted by molar-refractivity contribution is 6.42. The highest BCUT2D eigenvalue weighted by atomic mass is 35.5. The molecule has 0 fully saturated rings. The van der Waals surface area contributed by atoms with Crippen molar-refractivity contribution in [3.63, 3.8) is 0 Å². The lowest BCUT2D eigenvalue weighted by Crippen LogP contribution is -2.35. The number of aliphatic carboxylic acids is 1. The number of nitrogens with zero attached hydrogens (tertiary/aromatic N) is 1. The third-order valence-electron chi connectivity index (χ3n) is 3.98. The van der Waals surface area contributed by atoms with Crippen molar-refractivity contribution in [2.45, 2.75) is 26.0 Å². The lowest BCUT2D eigenvalue weighted by molar-refractivity contribution is -0.138. The maximum absolute atomic E-state index is 10.8. The van der Waals surface area contributed by atoms with Gasteiger partial charge in [-0.2, -0.15) is 0 Å². The van der Waals surface area contributed by atoms with Gasteiger partial charge >= 0.3 is 5.97 Å². The van der Waals surface area contributed by atoms with Crippen molar-refractivity contribution in [3.8, 4) is 5.75 Å². The van der Waals surface area contributed by atoms with Gasteiger partial charge in [0.05, 0.1) is 16.6 Å². The fraction of sp³-hybridized carbons (Fsp3) is 0.316. The first-order valence-electron chi connectivity index (χ1n) is 7.93. The summed E-state index contributed by atoms with van der Waals surface area (Å²) in [5, 5.41) is 9.88. The van der Waals surface area contributed by atoms with Crippen LogP contribution in [0.15, 0.2) is 42.5 Å². The van der Waals surface area contributed by atoms with E-state index in [1.807, 2.05) is 49.2 Å². The quantitative estimate of drug-likeness (QED) is 0.729. The van der Waals surface area contributed by atoms with E-state index >= 15 is 0 Å². The maximum atomic E-state index is 10.8. The van der Waals surface area contributed by atoms with Crippen LogP contribution in [0.2, 0.25) is 10.0 Å². The van der Waals surface area contributed by atoms with Crippen molar-refractivity contribution < 1.29 is 14.6 Å². The van der Waals surface area contributed by atoms with Crippen LogP contribution in [0.5, 0.6) is 5.75 Å². The van der Waals surface area contributed by atoms with Crippen LogP contribution in [0.25, 0.3) is 0 Å². The number of benzene rings is 2. The van der Waals surface area contributed by atoms with Crippen LogP contribution in [0.4, 0.5) is 0 Å². The van der Waals surface area contributed by atoms with Gasteiger partial charge in [-0.15, -0.1) is 0 Å². The highest BCUT2D eigenvalue weighted by Crippen LogP contribution is 2.23. The van der Waals surface area contributed by atoms with E-state index < -0.39 is 5.97 Å². The SMILES string of the molecule is C[C@H](Cc1ccc(OCc2ccc(Cl)c(Cl)c2)cc1)N(C)CC(=O)O. The summed E-state index contributed by atoms with van der Waals surface area (Å²) in [5.74, 6) is -0.0539. The number of carboxylic acids is 1. The summed E-state index contributed by atoms with van der Waals surface area (Å²) in [5.41, 5.74) is 2.08. The Bertz CT molecular complexity index is 719. The van der Waals surface area contributed by atoms with E-state index in [9.17, 15) is 4.79 Å². The molecule has 25 heavy (non-hydrogen) atoms. The van der Waals surface area contributed by atoms with Gasteiger partial charge in [0.25, 0.3) is 0 Å². The van der Waals surface area contributed by atoms with E-state index in [-0.39, 0.29) is 12.6 Å². The standard InChI is InChI=1S/C19H21Cl2NO3/c1-13(22(2)11-19(23)24)9-14-3-6-16(7-4-14)25-12-15-5-8-17(20)18(21)10-15/h3-8,10,13H,9,11-12H2,1-2H3,(H,23,24)/t13-/m1/s1. The summed E-state index contributed by atoms with van der Waals surface area (Å²) in [6.45, 7) is 2.46. The van der Waals surface area contributed by atoms with Crippen LogP contribution in [-0.2, 0) is 17.8 Å². The van der Waals surface area contributed by atoms with Crippen molar-refractivity contribution in [3.05, 3.63) is 63.6 Å². The van der Waals surface area contributed by atoms with E-state index in [1.165, 1.54) is 0 Å². The normalized spacial score (nSPS) is 12.2. The first kappa shape index (κ1) is 19.6. The zero-order valence-electron chi connectivity index (χ0n) is 14.2. The number of rotatable bonds is 8. The Kier molecular flexibility index (Phi) is 7.12. The van der Waals surface area contributed by atoms with E-state index in [4.69, 9.17) is 33.0 Å². The topological polar surface area (TPSA) is 49.8 Å². The lowest BCUT2D eigenvalue weighted by atomic mass is 10.1. The fourth-order valence-corrected chi connectivity index (χ4v) is 2.70. The Morgan fingerprint density at radius 3 is 2.36 bits per heavy atom. The molecule has 0 heterocycles.